The molecule has 172 valence electrons. The summed E-state index contributed by atoms with van der Waals surface area (Å²) in [5.74, 6) is -0.741. The number of nitrogens with zero attached hydrogens (tertiary/aromatic N) is 1. The van der Waals surface area contributed by atoms with E-state index in [2.05, 4.69) is 10.6 Å². The minimum atomic E-state index is -3.71. The molecule has 32 heavy (non-hydrogen) atoms. The Morgan fingerprint density at radius 3 is 2.53 bits per heavy atom. The Bertz CT molecular complexity index is 1100. The summed E-state index contributed by atoms with van der Waals surface area (Å²) in [4.78, 5) is 25.1. The number of hydrogen-bond donors (Lipinski definition) is 2. The zero-order valence-corrected chi connectivity index (χ0v) is 19.5. The fourth-order valence-electron chi connectivity index (χ4n) is 3.41. The van der Waals surface area contributed by atoms with Gasteiger partial charge in [-0.25, -0.2) is 8.42 Å². The molecule has 2 amide bonds. The van der Waals surface area contributed by atoms with Crippen LogP contribution in [-0.4, -0.2) is 50.3 Å². The monoisotopic (exact) mass is 479 g/mol. The molecule has 10 heteroatoms. The number of carbonyl (C=O) groups is 2. The lowest BCUT2D eigenvalue weighted by Crippen LogP contribution is -2.30. The van der Waals surface area contributed by atoms with E-state index < -0.39 is 22.0 Å². The summed E-state index contributed by atoms with van der Waals surface area (Å²) < 4.78 is 32.3. The zero-order valence-electron chi connectivity index (χ0n) is 17.9. The molecule has 3 rings (SSSR count). The van der Waals surface area contributed by atoms with Crippen LogP contribution >= 0.6 is 11.6 Å². The molecule has 0 aromatic heterocycles. The van der Waals surface area contributed by atoms with Gasteiger partial charge < -0.3 is 15.4 Å². The highest BCUT2D eigenvalue weighted by Gasteiger charge is 2.24. The molecule has 0 saturated carbocycles. The van der Waals surface area contributed by atoms with Gasteiger partial charge in [0.25, 0.3) is 11.8 Å². The van der Waals surface area contributed by atoms with Crippen molar-refractivity contribution >= 4 is 44.8 Å². The molecule has 1 aliphatic heterocycles. The van der Waals surface area contributed by atoms with Gasteiger partial charge in [-0.05, 0) is 49.2 Å². The Kier molecular flexibility index (Phi) is 7.89. The van der Waals surface area contributed by atoms with Crippen molar-refractivity contribution in [3.8, 4) is 0 Å². The molecule has 0 radical (unpaired) electrons. The first-order chi connectivity index (χ1) is 15.3. The number of nitrogens with one attached hydrogen (secondary N) is 2. The Morgan fingerprint density at radius 1 is 1.12 bits per heavy atom. The summed E-state index contributed by atoms with van der Waals surface area (Å²) in [7, 11) is -3.71. The molecule has 2 aromatic rings. The number of hydrogen-bond acceptors (Lipinski definition) is 5. The molecule has 1 fully saturated rings. The van der Waals surface area contributed by atoms with Crippen molar-refractivity contribution in [1.29, 1.82) is 0 Å². The zero-order chi connectivity index (χ0) is 23.3. The van der Waals surface area contributed by atoms with E-state index in [9.17, 15) is 18.0 Å². The Balaban J connectivity index is 1.78. The van der Waals surface area contributed by atoms with E-state index in [1.54, 1.807) is 32.0 Å². The number of sulfonamides is 1. The second-order valence-corrected chi connectivity index (χ2v) is 9.60. The minimum Gasteiger partial charge on any atom is -0.368 e. The fourth-order valence-corrected chi connectivity index (χ4v) is 5.06. The number of amides is 2. The summed E-state index contributed by atoms with van der Waals surface area (Å²) in [6.45, 7) is 4.72. The number of anilines is 2. The lowest BCUT2D eigenvalue weighted by Gasteiger charge is -2.19. The van der Waals surface area contributed by atoms with Crippen molar-refractivity contribution in [3.63, 3.8) is 0 Å². The normalized spacial score (nSPS) is 16.2. The number of benzene rings is 2. The summed E-state index contributed by atoms with van der Waals surface area (Å²) in [6.07, 6.45) is 1.02. The third-order valence-corrected chi connectivity index (χ3v) is 7.52. The van der Waals surface area contributed by atoms with Crippen LogP contribution in [0, 0.1) is 0 Å². The Labute approximate surface area is 192 Å². The van der Waals surface area contributed by atoms with Crippen LogP contribution in [0.4, 0.5) is 11.4 Å². The maximum absolute atomic E-state index is 12.8. The summed E-state index contributed by atoms with van der Waals surface area (Å²) in [5, 5.41) is 5.62. The molecule has 0 spiro atoms. The molecule has 1 atom stereocenters. The van der Waals surface area contributed by atoms with Gasteiger partial charge in [-0.2, -0.15) is 4.31 Å². The molecule has 1 unspecified atom stereocenters. The van der Waals surface area contributed by atoms with Gasteiger partial charge in [0.2, 0.25) is 10.0 Å². The van der Waals surface area contributed by atoms with Crippen LogP contribution in [0.5, 0.6) is 0 Å². The quantitative estimate of drug-likeness (QED) is 0.600. The molecule has 0 aliphatic carbocycles. The first-order valence-electron chi connectivity index (χ1n) is 10.4. The number of ether oxygens (including phenoxy) is 1. The highest BCUT2D eigenvalue weighted by Crippen LogP contribution is 2.28. The van der Waals surface area contributed by atoms with Crippen molar-refractivity contribution in [2.45, 2.75) is 37.7 Å². The Hall–Kier alpha value is -2.46. The summed E-state index contributed by atoms with van der Waals surface area (Å²) in [5.41, 5.74) is 0.920. The number of halogens is 1. The molecule has 1 heterocycles. The van der Waals surface area contributed by atoms with Crippen LogP contribution in [0.3, 0.4) is 0 Å². The molecule has 1 aliphatic rings. The summed E-state index contributed by atoms with van der Waals surface area (Å²) >= 11 is 6.20. The summed E-state index contributed by atoms with van der Waals surface area (Å²) in [6, 6.07) is 10.6. The van der Waals surface area contributed by atoms with E-state index in [4.69, 9.17) is 16.3 Å². The van der Waals surface area contributed by atoms with Gasteiger partial charge >= 0.3 is 0 Å². The lowest BCUT2D eigenvalue weighted by molar-refractivity contribution is -0.124. The molecule has 8 nitrogen and oxygen atoms in total. The van der Waals surface area contributed by atoms with E-state index in [0.717, 1.165) is 6.42 Å². The van der Waals surface area contributed by atoms with Crippen molar-refractivity contribution < 1.29 is 22.7 Å². The number of rotatable bonds is 8. The van der Waals surface area contributed by atoms with E-state index >= 15 is 0 Å². The largest absolute Gasteiger partial charge is 0.368 e. The molecule has 2 aromatic carbocycles. The molecule has 2 N–H and O–H groups in total. The van der Waals surface area contributed by atoms with E-state index in [-0.39, 0.29) is 27.1 Å². The molecule has 1 saturated heterocycles. The van der Waals surface area contributed by atoms with Crippen molar-refractivity contribution in [2.24, 2.45) is 0 Å². The van der Waals surface area contributed by atoms with Gasteiger partial charge in [0.05, 0.1) is 15.6 Å². The van der Waals surface area contributed by atoms with Gasteiger partial charge in [0.15, 0.2) is 0 Å². The topological polar surface area (TPSA) is 105 Å². The first-order valence-corrected chi connectivity index (χ1v) is 12.2. The average molecular weight is 480 g/mol. The molecule has 0 bridgehead atoms. The maximum atomic E-state index is 12.8. The van der Waals surface area contributed by atoms with Crippen LogP contribution in [0.15, 0.2) is 47.4 Å². The van der Waals surface area contributed by atoms with Gasteiger partial charge in [-0.15, -0.1) is 0 Å². The van der Waals surface area contributed by atoms with Gasteiger partial charge in [0.1, 0.15) is 6.10 Å². The highest BCUT2D eigenvalue weighted by molar-refractivity contribution is 7.89. The van der Waals surface area contributed by atoms with Crippen LogP contribution < -0.4 is 10.6 Å². The van der Waals surface area contributed by atoms with Crippen molar-refractivity contribution in [3.05, 3.63) is 53.1 Å². The van der Waals surface area contributed by atoms with E-state index in [1.807, 2.05) is 0 Å². The molecular formula is C22H26ClN3O5S. The van der Waals surface area contributed by atoms with Crippen LogP contribution in [0.1, 0.15) is 37.0 Å². The van der Waals surface area contributed by atoms with Crippen molar-refractivity contribution in [2.75, 3.05) is 30.3 Å². The number of carbonyl (C=O) groups excluding carboxylic acids is 2. The first kappa shape index (κ1) is 24.2. The highest BCUT2D eigenvalue weighted by atomic mass is 35.5. The molecular weight excluding hydrogens is 454 g/mol. The van der Waals surface area contributed by atoms with Gasteiger partial charge in [0, 0.05) is 30.9 Å². The van der Waals surface area contributed by atoms with E-state index in [0.29, 0.717) is 31.8 Å². The second kappa shape index (κ2) is 10.4. The van der Waals surface area contributed by atoms with Gasteiger partial charge in [-0.3, -0.25) is 9.59 Å². The minimum absolute atomic E-state index is 0.0403. The van der Waals surface area contributed by atoms with Crippen LogP contribution in [0.2, 0.25) is 5.02 Å². The van der Waals surface area contributed by atoms with Gasteiger partial charge in [-0.1, -0.05) is 31.5 Å². The smallest absolute Gasteiger partial charge is 0.255 e. The third-order valence-electron chi connectivity index (χ3n) is 5.14. The maximum Gasteiger partial charge on any atom is 0.255 e. The van der Waals surface area contributed by atoms with E-state index in [1.165, 1.54) is 28.6 Å². The van der Waals surface area contributed by atoms with Crippen molar-refractivity contribution in [1.82, 2.24) is 4.31 Å². The predicted molar refractivity (Wildman–Crippen MR) is 124 cm³/mol. The standard InChI is InChI=1S/C22H26ClN3O5S/c1-3-26(4-2)32(29,30)17-10-11-18(23)19(14-17)25-21(27)15-7-5-8-16(13-15)24-22(28)20-9-6-12-31-20/h5,7-8,10-11,13-14,20H,3-4,6,9,12H2,1-2H3,(H,24,28)(H,25,27). The van der Waals surface area contributed by atoms with Crippen LogP contribution in [-0.2, 0) is 19.6 Å². The third kappa shape index (κ3) is 5.47. The fraction of sp³-hybridized carbons (Fsp3) is 0.364. The second-order valence-electron chi connectivity index (χ2n) is 7.26. The predicted octanol–water partition coefficient (Wildman–Crippen LogP) is 3.74. The SMILES string of the molecule is CCN(CC)S(=O)(=O)c1ccc(Cl)c(NC(=O)c2cccc(NC(=O)C3CCCO3)c2)c1. The lowest BCUT2D eigenvalue weighted by atomic mass is 10.1. The van der Waals surface area contributed by atoms with Crippen LogP contribution in [0.25, 0.3) is 0 Å². The average Bonchev–Trinajstić information content (AvgIpc) is 3.31. The Morgan fingerprint density at radius 2 is 1.88 bits per heavy atom.